The van der Waals surface area contributed by atoms with Gasteiger partial charge in [0.05, 0.1) is 29.6 Å². The molecule has 2 N–H and O–H groups in total. The van der Waals surface area contributed by atoms with Gasteiger partial charge in [-0.3, -0.25) is 9.59 Å². The average Bonchev–Trinajstić information content (AvgIpc) is 3.47. The molecule has 2 aromatic heterocycles. The van der Waals surface area contributed by atoms with Crippen LogP contribution in [0.15, 0.2) is 53.7 Å². The number of benzene rings is 2. The standard InChI is InChI=1S/C24H26N6O3S2/c1-3-4-13-30-20(14-25-22(32)16-9-11-17(33-2)12-10-16)28-29-24(30)34-15-21(31)27-23-26-18-7-5-6-8-19(18)35-23/h5-12H,3-4,13-15H2,1-2H3,(H,25,32)(H,26,27,31). The first kappa shape index (κ1) is 24.7. The molecule has 0 spiro atoms. The maximum absolute atomic E-state index is 12.5. The zero-order valence-corrected chi connectivity index (χ0v) is 21.1. The van der Waals surface area contributed by atoms with Crippen molar-refractivity contribution in [3.63, 3.8) is 0 Å². The quantitative estimate of drug-likeness (QED) is 0.289. The molecule has 2 aromatic carbocycles. The van der Waals surface area contributed by atoms with Gasteiger partial charge in [-0.1, -0.05) is 48.6 Å². The summed E-state index contributed by atoms with van der Waals surface area (Å²) in [6.45, 7) is 3.05. The molecule has 0 radical (unpaired) electrons. The number of para-hydroxylation sites is 1. The highest BCUT2D eigenvalue weighted by atomic mass is 32.2. The molecule has 0 unspecified atom stereocenters. The van der Waals surface area contributed by atoms with Crippen LogP contribution in [0.1, 0.15) is 35.9 Å². The van der Waals surface area contributed by atoms with Gasteiger partial charge in [0.15, 0.2) is 16.1 Å². The molecule has 0 atom stereocenters. The lowest BCUT2D eigenvalue weighted by atomic mass is 10.2. The number of carbonyl (C=O) groups is 2. The Kier molecular flexibility index (Phi) is 8.32. The zero-order chi connectivity index (χ0) is 24.6. The number of thioether (sulfide) groups is 1. The molecular formula is C24H26N6O3S2. The van der Waals surface area contributed by atoms with Gasteiger partial charge in [0.2, 0.25) is 5.91 Å². The van der Waals surface area contributed by atoms with Crippen molar-refractivity contribution in [2.75, 3.05) is 18.2 Å². The van der Waals surface area contributed by atoms with E-state index in [0.29, 0.717) is 34.0 Å². The summed E-state index contributed by atoms with van der Waals surface area (Å²) in [6, 6.07) is 14.7. The number of rotatable bonds is 11. The molecule has 4 aromatic rings. The molecule has 35 heavy (non-hydrogen) atoms. The molecule has 0 saturated carbocycles. The van der Waals surface area contributed by atoms with Crippen molar-refractivity contribution in [1.82, 2.24) is 25.1 Å². The van der Waals surface area contributed by atoms with Gasteiger partial charge in [0.25, 0.3) is 5.91 Å². The van der Waals surface area contributed by atoms with Gasteiger partial charge < -0.3 is 19.9 Å². The first-order valence-electron chi connectivity index (χ1n) is 11.2. The molecular weight excluding hydrogens is 484 g/mol. The second kappa shape index (κ2) is 11.8. The topological polar surface area (TPSA) is 111 Å². The summed E-state index contributed by atoms with van der Waals surface area (Å²) in [4.78, 5) is 29.5. The third kappa shape index (κ3) is 6.37. The molecule has 0 aliphatic carbocycles. The minimum Gasteiger partial charge on any atom is -0.497 e. The number of nitrogens with one attached hydrogen (secondary N) is 2. The molecule has 0 aliphatic rings. The number of ether oxygens (including phenoxy) is 1. The molecule has 9 nitrogen and oxygen atoms in total. The Hall–Kier alpha value is -3.44. The molecule has 4 rings (SSSR count). The fraction of sp³-hybridized carbons (Fsp3) is 0.292. The lowest BCUT2D eigenvalue weighted by molar-refractivity contribution is -0.113. The van der Waals surface area contributed by atoms with Crippen LogP contribution >= 0.6 is 23.1 Å². The number of amides is 2. The SMILES string of the molecule is CCCCn1c(CNC(=O)c2ccc(OC)cc2)nnc1SCC(=O)Nc1nc2ccccc2s1. The Labute approximate surface area is 211 Å². The van der Waals surface area contributed by atoms with E-state index in [4.69, 9.17) is 4.74 Å². The van der Waals surface area contributed by atoms with Gasteiger partial charge in [-0.15, -0.1) is 10.2 Å². The normalized spacial score (nSPS) is 10.9. The number of fused-ring (bicyclic) bond motifs is 1. The van der Waals surface area contributed by atoms with E-state index in [1.165, 1.54) is 23.1 Å². The average molecular weight is 511 g/mol. The molecule has 2 heterocycles. The van der Waals surface area contributed by atoms with Crippen molar-refractivity contribution in [2.24, 2.45) is 0 Å². The number of carbonyl (C=O) groups excluding carboxylic acids is 2. The highest BCUT2D eigenvalue weighted by molar-refractivity contribution is 7.99. The largest absolute Gasteiger partial charge is 0.497 e. The van der Waals surface area contributed by atoms with Crippen molar-refractivity contribution in [2.45, 2.75) is 38.0 Å². The van der Waals surface area contributed by atoms with E-state index >= 15 is 0 Å². The van der Waals surface area contributed by atoms with E-state index in [1.807, 2.05) is 28.8 Å². The lowest BCUT2D eigenvalue weighted by Gasteiger charge is -2.10. The van der Waals surface area contributed by atoms with Gasteiger partial charge >= 0.3 is 0 Å². The monoisotopic (exact) mass is 510 g/mol. The summed E-state index contributed by atoms with van der Waals surface area (Å²) in [7, 11) is 1.58. The Balaban J connectivity index is 1.36. The summed E-state index contributed by atoms with van der Waals surface area (Å²) >= 11 is 2.76. The Morgan fingerprint density at radius 1 is 1.11 bits per heavy atom. The Morgan fingerprint density at radius 2 is 1.91 bits per heavy atom. The third-order valence-electron chi connectivity index (χ3n) is 5.16. The fourth-order valence-electron chi connectivity index (χ4n) is 3.31. The van der Waals surface area contributed by atoms with E-state index in [-0.39, 0.29) is 24.1 Å². The van der Waals surface area contributed by atoms with Crippen LogP contribution in [0, 0.1) is 0 Å². The van der Waals surface area contributed by atoms with Crippen molar-refractivity contribution < 1.29 is 14.3 Å². The predicted octanol–water partition coefficient (Wildman–Crippen LogP) is 4.36. The van der Waals surface area contributed by atoms with Gasteiger partial charge in [-0.2, -0.15) is 0 Å². The van der Waals surface area contributed by atoms with Gasteiger partial charge in [0, 0.05) is 12.1 Å². The highest BCUT2D eigenvalue weighted by Crippen LogP contribution is 2.26. The molecule has 182 valence electrons. The maximum Gasteiger partial charge on any atom is 0.251 e. The maximum atomic E-state index is 12.5. The van der Waals surface area contributed by atoms with Crippen LogP contribution in [-0.2, 0) is 17.9 Å². The van der Waals surface area contributed by atoms with E-state index in [0.717, 1.165) is 23.1 Å². The molecule has 0 bridgehead atoms. The fourth-order valence-corrected chi connectivity index (χ4v) is 4.98. The summed E-state index contributed by atoms with van der Waals surface area (Å²) in [6.07, 6.45) is 1.93. The first-order valence-corrected chi connectivity index (χ1v) is 13.0. The van der Waals surface area contributed by atoms with Crippen LogP contribution in [0.25, 0.3) is 10.2 Å². The molecule has 11 heteroatoms. The Bertz CT molecular complexity index is 1270. The van der Waals surface area contributed by atoms with Crippen LogP contribution in [0.4, 0.5) is 5.13 Å². The third-order valence-corrected chi connectivity index (χ3v) is 7.08. The first-order chi connectivity index (χ1) is 17.1. The van der Waals surface area contributed by atoms with Crippen molar-refractivity contribution in [3.05, 3.63) is 59.9 Å². The number of methoxy groups -OCH3 is 1. The molecule has 0 saturated heterocycles. The summed E-state index contributed by atoms with van der Waals surface area (Å²) < 4.78 is 8.12. The van der Waals surface area contributed by atoms with E-state index in [2.05, 4.69) is 32.7 Å². The summed E-state index contributed by atoms with van der Waals surface area (Å²) in [5.41, 5.74) is 1.40. The van der Waals surface area contributed by atoms with E-state index < -0.39 is 0 Å². The van der Waals surface area contributed by atoms with Crippen molar-refractivity contribution in [1.29, 1.82) is 0 Å². The minimum absolute atomic E-state index is 0.159. The van der Waals surface area contributed by atoms with Gasteiger partial charge in [-0.25, -0.2) is 4.98 Å². The van der Waals surface area contributed by atoms with E-state index in [9.17, 15) is 9.59 Å². The smallest absolute Gasteiger partial charge is 0.251 e. The number of hydrogen-bond acceptors (Lipinski definition) is 8. The molecule has 2 amide bonds. The van der Waals surface area contributed by atoms with Gasteiger partial charge in [0.1, 0.15) is 5.75 Å². The number of anilines is 1. The van der Waals surface area contributed by atoms with Crippen LogP contribution in [0.2, 0.25) is 0 Å². The number of thiazole rings is 1. The van der Waals surface area contributed by atoms with Crippen LogP contribution in [0.3, 0.4) is 0 Å². The molecule has 0 fully saturated rings. The van der Waals surface area contributed by atoms with Crippen molar-refractivity contribution >= 4 is 50.3 Å². The number of aromatic nitrogens is 4. The van der Waals surface area contributed by atoms with Crippen molar-refractivity contribution in [3.8, 4) is 5.75 Å². The minimum atomic E-state index is -0.206. The zero-order valence-electron chi connectivity index (χ0n) is 19.5. The number of unbranched alkanes of at least 4 members (excludes halogenated alkanes) is 1. The van der Waals surface area contributed by atoms with Crippen LogP contribution in [-0.4, -0.2) is 44.4 Å². The Morgan fingerprint density at radius 3 is 2.66 bits per heavy atom. The number of nitrogens with zero attached hydrogens (tertiary/aromatic N) is 4. The highest BCUT2D eigenvalue weighted by Gasteiger charge is 2.16. The lowest BCUT2D eigenvalue weighted by Crippen LogP contribution is -2.25. The second-order valence-electron chi connectivity index (χ2n) is 7.64. The predicted molar refractivity (Wildman–Crippen MR) is 138 cm³/mol. The summed E-state index contributed by atoms with van der Waals surface area (Å²) in [5.74, 6) is 1.15. The molecule has 0 aliphatic heterocycles. The number of hydrogen-bond donors (Lipinski definition) is 2. The second-order valence-corrected chi connectivity index (χ2v) is 9.61. The van der Waals surface area contributed by atoms with E-state index in [1.54, 1.807) is 31.4 Å². The van der Waals surface area contributed by atoms with Crippen LogP contribution in [0.5, 0.6) is 5.75 Å². The van der Waals surface area contributed by atoms with Crippen LogP contribution < -0.4 is 15.4 Å². The van der Waals surface area contributed by atoms with Gasteiger partial charge in [-0.05, 0) is 42.8 Å². The summed E-state index contributed by atoms with van der Waals surface area (Å²) in [5, 5.41) is 15.5.